The molecule has 1 aromatic rings. The van der Waals surface area contributed by atoms with Crippen LogP contribution >= 0.6 is 0 Å². The fraction of sp³-hybridized carbons (Fsp3) is 0.643. The highest BCUT2D eigenvalue weighted by molar-refractivity contribution is 5.13. The van der Waals surface area contributed by atoms with Crippen LogP contribution in [0.2, 0.25) is 0 Å². The largest absolute Gasteiger partial charge is 0.326 e. The molecule has 3 heteroatoms. The van der Waals surface area contributed by atoms with E-state index in [1.807, 2.05) is 6.20 Å². The lowest BCUT2D eigenvalue weighted by molar-refractivity contribution is 0.201. The maximum Gasteiger partial charge on any atom is 0.0544 e. The van der Waals surface area contributed by atoms with Crippen LogP contribution in [0.25, 0.3) is 0 Å². The van der Waals surface area contributed by atoms with Crippen molar-refractivity contribution in [3.63, 3.8) is 0 Å². The van der Waals surface area contributed by atoms with E-state index in [1.165, 1.54) is 19.4 Å². The minimum atomic E-state index is 0.573. The highest BCUT2D eigenvalue weighted by Gasteiger charge is 2.25. The third-order valence-corrected chi connectivity index (χ3v) is 3.41. The first-order valence-corrected chi connectivity index (χ1v) is 6.57. The van der Waals surface area contributed by atoms with Crippen molar-refractivity contribution in [1.29, 1.82) is 0 Å². The third kappa shape index (κ3) is 3.79. The summed E-state index contributed by atoms with van der Waals surface area (Å²) in [7, 11) is 0. The molecule has 1 heterocycles. The molecule has 0 aliphatic heterocycles. The molecular weight excluding hydrogens is 210 g/mol. The average molecular weight is 233 g/mol. The lowest BCUT2D eigenvalue weighted by Gasteiger charge is -2.26. The predicted octanol–water partition coefficient (Wildman–Crippen LogP) is 2.16. The Balaban J connectivity index is 1.95. The van der Waals surface area contributed by atoms with Crippen LogP contribution in [-0.4, -0.2) is 22.5 Å². The van der Waals surface area contributed by atoms with Crippen LogP contribution in [0, 0.1) is 5.92 Å². The second-order valence-corrected chi connectivity index (χ2v) is 5.33. The van der Waals surface area contributed by atoms with Crippen molar-refractivity contribution in [3.8, 4) is 0 Å². The molecule has 1 saturated carbocycles. The van der Waals surface area contributed by atoms with E-state index in [4.69, 9.17) is 5.73 Å². The standard InChI is InChI=1S/C14H23N3/c1-11(2)17(9-12-3-4-12)10-14-6-5-13(7-15)8-16-14/h5-6,8,11-12H,3-4,7,9-10,15H2,1-2H3. The first-order valence-electron chi connectivity index (χ1n) is 6.57. The van der Waals surface area contributed by atoms with Gasteiger partial charge >= 0.3 is 0 Å². The molecule has 0 saturated heterocycles. The van der Waals surface area contributed by atoms with Crippen LogP contribution in [0.5, 0.6) is 0 Å². The number of hydrogen-bond acceptors (Lipinski definition) is 3. The molecular formula is C14H23N3. The predicted molar refractivity (Wildman–Crippen MR) is 70.4 cm³/mol. The van der Waals surface area contributed by atoms with E-state index < -0.39 is 0 Å². The summed E-state index contributed by atoms with van der Waals surface area (Å²) in [5.41, 5.74) is 7.83. The lowest BCUT2D eigenvalue weighted by atomic mass is 10.2. The Kier molecular flexibility index (Phi) is 4.13. The molecule has 1 fully saturated rings. The number of nitrogens with two attached hydrogens (primary N) is 1. The zero-order valence-electron chi connectivity index (χ0n) is 10.9. The van der Waals surface area contributed by atoms with Crippen LogP contribution in [0.3, 0.4) is 0 Å². The van der Waals surface area contributed by atoms with Gasteiger partial charge in [-0.2, -0.15) is 0 Å². The van der Waals surface area contributed by atoms with E-state index in [0.717, 1.165) is 23.7 Å². The molecule has 2 N–H and O–H groups in total. The molecule has 0 atom stereocenters. The van der Waals surface area contributed by atoms with Gasteiger partial charge in [0.05, 0.1) is 5.69 Å². The van der Waals surface area contributed by atoms with Gasteiger partial charge in [0, 0.05) is 31.9 Å². The quantitative estimate of drug-likeness (QED) is 0.818. The second kappa shape index (κ2) is 5.61. The molecule has 0 amide bonds. The molecule has 0 bridgehead atoms. The fourth-order valence-corrected chi connectivity index (χ4v) is 1.97. The van der Waals surface area contributed by atoms with E-state index in [-0.39, 0.29) is 0 Å². The van der Waals surface area contributed by atoms with Gasteiger partial charge < -0.3 is 5.73 Å². The third-order valence-electron chi connectivity index (χ3n) is 3.41. The summed E-state index contributed by atoms with van der Waals surface area (Å²) in [6.45, 7) is 7.27. The summed E-state index contributed by atoms with van der Waals surface area (Å²) in [4.78, 5) is 6.99. The fourth-order valence-electron chi connectivity index (χ4n) is 1.97. The van der Waals surface area contributed by atoms with Crippen LogP contribution in [0.4, 0.5) is 0 Å². The smallest absolute Gasteiger partial charge is 0.0544 e. The Hall–Kier alpha value is -0.930. The van der Waals surface area contributed by atoms with Crippen molar-refractivity contribution >= 4 is 0 Å². The van der Waals surface area contributed by atoms with Crippen LogP contribution in [-0.2, 0) is 13.1 Å². The summed E-state index contributed by atoms with van der Waals surface area (Å²) in [5, 5.41) is 0. The van der Waals surface area contributed by atoms with Crippen molar-refractivity contribution in [3.05, 3.63) is 29.6 Å². The monoisotopic (exact) mass is 233 g/mol. The first kappa shape index (κ1) is 12.5. The molecule has 0 radical (unpaired) electrons. The molecule has 17 heavy (non-hydrogen) atoms. The number of pyridine rings is 1. The highest BCUT2D eigenvalue weighted by atomic mass is 15.2. The van der Waals surface area contributed by atoms with Gasteiger partial charge in [0.2, 0.25) is 0 Å². The normalized spacial score (nSPS) is 15.8. The Bertz CT molecular complexity index is 341. The topological polar surface area (TPSA) is 42.1 Å². The summed E-state index contributed by atoms with van der Waals surface area (Å²) in [6, 6.07) is 4.77. The summed E-state index contributed by atoms with van der Waals surface area (Å²) in [6.07, 6.45) is 4.70. The van der Waals surface area contributed by atoms with E-state index in [2.05, 4.69) is 35.9 Å². The minimum absolute atomic E-state index is 0.573. The number of nitrogens with zero attached hydrogens (tertiary/aromatic N) is 2. The molecule has 0 unspecified atom stereocenters. The van der Waals surface area contributed by atoms with Gasteiger partial charge in [0.15, 0.2) is 0 Å². The van der Waals surface area contributed by atoms with Crippen molar-refractivity contribution in [1.82, 2.24) is 9.88 Å². The van der Waals surface area contributed by atoms with Crippen LogP contribution in [0.1, 0.15) is 37.9 Å². The highest BCUT2D eigenvalue weighted by Crippen LogP contribution is 2.30. The molecule has 94 valence electrons. The number of aromatic nitrogens is 1. The molecule has 3 nitrogen and oxygen atoms in total. The summed E-state index contributed by atoms with van der Waals surface area (Å²) in [5.74, 6) is 0.931. The Morgan fingerprint density at radius 3 is 2.65 bits per heavy atom. The van der Waals surface area contributed by atoms with Gasteiger partial charge in [-0.1, -0.05) is 6.07 Å². The van der Waals surface area contributed by atoms with E-state index in [9.17, 15) is 0 Å². The first-order chi connectivity index (χ1) is 8.19. The molecule has 1 aliphatic carbocycles. The number of hydrogen-bond donors (Lipinski definition) is 1. The molecule has 1 aromatic heterocycles. The Morgan fingerprint density at radius 1 is 1.41 bits per heavy atom. The van der Waals surface area contributed by atoms with E-state index in [1.54, 1.807) is 0 Å². The zero-order valence-corrected chi connectivity index (χ0v) is 10.9. The Morgan fingerprint density at radius 2 is 2.18 bits per heavy atom. The van der Waals surface area contributed by atoms with Crippen molar-refractivity contribution in [2.45, 2.75) is 45.8 Å². The van der Waals surface area contributed by atoms with Crippen molar-refractivity contribution in [2.75, 3.05) is 6.54 Å². The Labute approximate surface area is 104 Å². The lowest BCUT2D eigenvalue weighted by Crippen LogP contribution is -2.32. The van der Waals surface area contributed by atoms with E-state index >= 15 is 0 Å². The summed E-state index contributed by atoms with van der Waals surface area (Å²) >= 11 is 0. The maximum absolute atomic E-state index is 5.57. The maximum atomic E-state index is 5.57. The van der Waals surface area contributed by atoms with Gasteiger partial charge in [0.25, 0.3) is 0 Å². The van der Waals surface area contributed by atoms with Crippen molar-refractivity contribution in [2.24, 2.45) is 11.7 Å². The van der Waals surface area contributed by atoms with Crippen molar-refractivity contribution < 1.29 is 0 Å². The average Bonchev–Trinajstić information content (AvgIpc) is 3.13. The zero-order chi connectivity index (χ0) is 12.3. The molecule has 2 rings (SSSR count). The SMILES string of the molecule is CC(C)N(Cc1ccc(CN)cn1)CC1CC1. The second-order valence-electron chi connectivity index (χ2n) is 5.33. The van der Waals surface area contributed by atoms with Gasteiger partial charge in [-0.3, -0.25) is 9.88 Å². The van der Waals surface area contributed by atoms with Crippen LogP contribution in [0.15, 0.2) is 18.3 Å². The van der Waals surface area contributed by atoms with Gasteiger partial charge in [-0.05, 0) is 44.2 Å². The van der Waals surface area contributed by atoms with Gasteiger partial charge in [0.1, 0.15) is 0 Å². The minimum Gasteiger partial charge on any atom is -0.326 e. The molecule has 0 spiro atoms. The van der Waals surface area contributed by atoms with Gasteiger partial charge in [-0.15, -0.1) is 0 Å². The van der Waals surface area contributed by atoms with Crippen LogP contribution < -0.4 is 5.73 Å². The number of rotatable bonds is 6. The molecule has 1 aliphatic rings. The van der Waals surface area contributed by atoms with E-state index in [0.29, 0.717) is 12.6 Å². The molecule has 0 aromatic carbocycles. The van der Waals surface area contributed by atoms with Gasteiger partial charge in [-0.25, -0.2) is 0 Å². The summed E-state index contributed by atoms with van der Waals surface area (Å²) < 4.78 is 0.